The molecule has 1 saturated carbocycles. The quantitative estimate of drug-likeness (QED) is 0.900. The summed E-state index contributed by atoms with van der Waals surface area (Å²) in [7, 11) is 0. The highest BCUT2D eigenvalue weighted by molar-refractivity contribution is 9.10. The zero-order valence-electron chi connectivity index (χ0n) is 12.3. The number of likely N-dealkylation sites (tertiary alicyclic amines) is 1. The largest absolute Gasteiger partial charge is 0.311 e. The van der Waals surface area contributed by atoms with Crippen LogP contribution in [0.3, 0.4) is 0 Å². The van der Waals surface area contributed by atoms with Crippen LogP contribution in [0.15, 0.2) is 28.7 Å². The summed E-state index contributed by atoms with van der Waals surface area (Å²) >= 11 is 3.68. The number of nitrogens with one attached hydrogen (secondary N) is 1. The van der Waals surface area contributed by atoms with Crippen molar-refractivity contribution >= 4 is 15.9 Å². The van der Waals surface area contributed by atoms with E-state index >= 15 is 0 Å². The van der Waals surface area contributed by atoms with Crippen molar-refractivity contribution in [3.05, 3.63) is 34.3 Å². The molecule has 20 heavy (non-hydrogen) atoms. The molecule has 1 saturated heterocycles. The zero-order valence-corrected chi connectivity index (χ0v) is 13.9. The van der Waals surface area contributed by atoms with Gasteiger partial charge in [0.2, 0.25) is 0 Å². The van der Waals surface area contributed by atoms with Crippen LogP contribution < -0.4 is 5.32 Å². The van der Waals surface area contributed by atoms with E-state index in [1.165, 1.54) is 55.4 Å². The van der Waals surface area contributed by atoms with Crippen molar-refractivity contribution in [1.82, 2.24) is 10.2 Å². The van der Waals surface area contributed by atoms with Gasteiger partial charge in [0, 0.05) is 16.6 Å². The summed E-state index contributed by atoms with van der Waals surface area (Å²) in [6, 6.07) is 10.2. The topological polar surface area (TPSA) is 15.3 Å². The molecule has 2 aliphatic rings. The molecule has 0 bridgehead atoms. The molecule has 2 fully saturated rings. The zero-order chi connectivity index (χ0) is 13.9. The van der Waals surface area contributed by atoms with Crippen LogP contribution in [0.2, 0.25) is 0 Å². The summed E-state index contributed by atoms with van der Waals surface area (Å²) in [5.41, 5.74) is 1.49. The molecule has 0 atom stereocenters. The summed E-state index contributed by atoms with van der Waals surface area (Å²) in [4.78, 5) is 2.56. The molecule has 0 spiro atoms. The van der Waals surface area contributed by atoms with Crippen molar-refractivity contribution in [2.75, 3.05) is 19.6 Å². The first-order chi connectivity index (χ1) is 9.76. The Kier molecular flexibility index (Phi) is 4.79. The molecule has 0 aromatic heterocycles. The Morgan fingerprint density at radius 2 is 1.85 bits per heavy atom. The highest BCUT2D eigenvalue weighted by Gasteiger charge is 2.33. The highest BCUT2D eigenvalue weighted by atomic mass is 79.9. The molecule has 0 unspecified atom stereocenters. The summed E-state index contributed by atoms with van der Waals surface area (Å²) in [5.74, 6) is 0.749. The van der Waals surface area contributed by atoms with Gasteiger partial charge in [-0.3, -0.25) is 0 Å². The van der Waals surface area contributed by atoms with E-state index in [4.69, 9.17) is 0 Å². The number of piperidine rings is 1. The fourth-order valence-electron chi connectivity index (χ4n) is 3.56. The van der Waals surface area contributed by atoms with Crippen LogP contribution in [0.25, 0.3) is 0 Å². The van der Waals surface area contributed by atoms with Gasteiger partial charge in [-0.05, 0) is 62.9 Å². The van der Waals surface area contributed by atoms with Crippen molar-refractivity contribution in [2.24, 2.45) is 0 Å². The normalized spacial score (nSPS) is 28.3. The lowest BCUT2D eigenvalue weighted by Gasteiger charge is -2.41. The molecule has 1 aromatic carbocycles. The van der Waals surface area contributed by atoms with Gasteiger partial charge >= 0.3 is 0 Å². The fraction of sp³-hybridized carbons (Fsp3) is 0.647. The molecule has 1 aliphatic heterocycles. The Hall–Kier alpha value is -0.380. The van der Waals surface area contributed by atoms with Crippen molar-refractivity contribution in [2.45, 2.75) is 50.6 Å². The molecule has 3 rings (SSSR count). The lowest BCUT2D eigenvalue weighted by atomic mass is 9.75. The SMILES string of the molecule is CCN1CCC(NC2CC(c3ccccc3Br)C2)CC1. The standard InChI is InChI=1S/C17H25BrN2/c1-2-20-9-7-14(8-10-20)19-15-11-13(12-15)16-5-3-4-6-17(16)18/h3-6,13-15,19H,2,7-12H2,1H3. The maximum absolute atomic E-state index is 3.88. The van der Waals surface area contributed by atoms with E-state index < -0.39 is 0 Å². The number of rotatable bonds is 4. The number of halogens is 1. The Bertz CT molecular complexity index is 434. The average molecular weight is 337 g/mol. The molecule has 2 nitrogen and oxygen atoms in total. The molecule has 1 heterocycles. The Morgan fingerprint density at radius 3 is 2.50 bits per heavy atom. The number of hydrogen-bond donors (Lipinski definition) is 1. The van der Waals surface area contributed by atoms with E-state index in [1.54, 1.807) is 0 Å². The second kappa shape index (κ2) is 6.59. The van der Waals surface area contributed by atoms with E-state index in [9.17, 15) is 0 Å². The molecule has 0 amide bonds. The van der Waals surface area contributed by atoms with Gasteiger partial charge in [-0.25, -0.2) is 0 Å². The van der Waals surface area contributed by atoms with Crippen molar-refractivity contribution < 1.29 is 0 Å². The minimum Gasteiger partial charge on any atom is -0.311 e. The molecule has 1 aliphatic carbocycles. The molecule has 1 aromatic rings. The fourth-order valence-corrected chi connectivity index (χ4v) is 4.17. The molecule has 1 N–H and O–H groups in total. The average Bonchev–Trinajstić information content (AvgIpc) is 2.44. The predicted octanol–water partition coefficient (Wildman–Crippen LogP) is 3.77. The maximum atomic E-state index is 3.88. The Morgan fingerprint density at radius 1 is 1.15 bits per heavy atom. The van der Waals surface area contributed by atoms with Crippen molar-refractivity contribution in [3.8, 4) is 0 Å². The molecular formula is C17H25BrN2. The number of nitrogens with zero attached hydrogens (tertiary/aromatic N) is 1. The van der Waals surface area contributed by atoms with Gasteiger partial charge in [-0.15, -0.1) is 0 Å². The highest BCUT2D eigenvalue weighted by Crippen LogP contribution is 2.40. The molecular weight excluding hydrogens is 312 g/mol. The van der Waals surface area contributed by atoms with Crippen molar-refractivity contribution in [1.29, 1.82) is 0 Å². The maximum Gasteiger partial charge on any atom is 0.0210 e. The lowest BCUT2D eigenvalue weighted by Crippen LogP contribution is -2.49. The van der Waals surface area contributed by atoms with E-state index in [2.05, 4.69) is 57.3 Å². The van der Waals surface area contributed by atoms with E-state index in [-0.39, 0.29) is 0 Å². The third kappa shape index (κ3) is 3.26. The van der Waals surface area contributed by atoms with Crippen molar-refractivity contribution in [3.63, 3.8) is 0 Å². The monoisotopic (exact) mass is 336 g/mol. The van der Waals surface area contributed by atoms with Crippen LogP contribution in [0.5, 0.6) is 0 Å². The van der Waals surface area contributed by atoms with Crippen LogP contribution in [0.1, 0.15) is 44.1 Å². The lowest BCUT2D eigenvalue weighted by molar-refractivity contribution is 0.176. The molecule has 110 valence electrons. The van der Waals surface area contributed by atoms with Gasteiger partial charge in [0.05, 0.1) is 0 Å². The summed E-state index contributed by atoms with van der Waals surface area (Å²) < 4.78 is 1.28. The van der Waals surface area contributed by atoms with Gasteiger partial charge in [0.1, 0.15) is 0 Å². The van der Waals surface area contributed by atoms with Gasteiger partial charge < -0.3 is 10.2 Å². The van der Waals surface area contributed by atoms with Crippen LogP contribution in [-0.4, -0.2) is 36.6 Å². The third-order valence-electron chi connectivity index (χ3n) is 4.99. The van der Waals surface area contributed by atoms with Gasteiger partial charge in [-0.1, -0.05) is 41.1 Å². The van der Waals surface area contributed by atoms with E-state index in [0.717, 1.165) is 18.0 Å². The number of benzene rings is 1. The van der Waals surface area contributed by atoms with Gasteiger partial charge in [0.25, 0.3) is 0 Å². The second-order valence-electron chi connectivity index (χ2n) is 6.26. The van der Waals surface area contributed by atoms with Crippen LogP contribution >= 0.6 is 15.9 Å². The number of hydrogen-bond acceptors (Lipinski definition) is 2. The van der Waals surface area contributed by atoms with Crippen LogP contribution in [0.4, 0.5) is 0 Å². The second-order valence-corrected chi connectivity index (χ2v) is 7.12. The van der Waals surface area contributed by atoms with Crippen LogP contribution in [0, 0.1) is 0 Å². The summed E-state index contributed by atoms with van der Waals surface area (Å²) in [6.45, 7) is 6.02. The Balaban J connectivity index is 1.44. The first-order valence-electron chi connectivity index (χ1n) is 7.99. The van der Waals surface area contributed by atoms with Gasteiger partial charge in [0.15, 0.2) is 0 Å². The smallest absolute Gasteiger partial charge is 0.0210 e. The third-order valence-corrected chi connectivity index (χ3v) is 5.71. The van der Waals surface area contributed by atoms with Gasteiger partial charge in [-0.2, -0.15) is 0 Å². The van der Waals surface area contributed by atoms with E-state index in [1.807, 2.05) is 0 Å². The minimum absolute atomic E-state index is 0.741. The minimum atomic E-state index is 0.741. The van der Waals surface area contributed by atoms with Crippen LogP contribution in [-0.2, 0) is 0 Å². The summed E-state index contributed by atoms with van der Waals surface area (Å²) in [5, 5.41) is 3.88. The predicted molar refractivity (Wildman–Crippen MR) is 88.2 cm³/mol. The molecule has 3 heteroatoms. The van der Waals surface area contributed by atoms with E-state index in [0.29, 0.717) is 0 Å². The molecule has 0 radical (unpaired) electrons. The Labute approximate surface area is 131 Å². The first-order valence-corrected chi connectivity index (χ1v) is 8.78. The summed E-state index contributed by atoms with van der Waals surface area (Å²) in [6.07, 6.45) is 5.25. The first kappa shape index (κ1) is 14.6.